The Morgan fingerprint density at radius 3 is 2.33 bits per heavy atom. The molecule has 0 heterocycles. The van der Waals surface area contributed by atoms with Gasteiger partial charge in [-0.1, -0.05) is 12.1 Å². The number of esters is 1. The van der Waals surface area contributed by atoms with Crippen LogP contribution in [0.2, 0.25) is 0 Å². The summed E-state index contributed by atoms with van der Waals surface area (Å²) in [4.78, 5) is 38.5. The third-order valence-corrected chi connectivity index (χ3v) is 4.15. The van der Waals surface area contributed by atoms with Crippen LogP contribution in [0.4, 0.5) is 11.4 Å². The van der Waals surface area contributed by atoms with Crippen LogP contribution in [0.15, 0.2) is 48.5 Å². The number of ether oxygens (including phenoxy) is 2. The van der Waals surface area contributed by atoms with Gasteiger partial charge in [0, 0.05) is 25.5 Å². The van der Waals surface area contributed by atoms with Gasteiger partial charge in [0.2, 0.25) is 0 Å². The predicted molar refractivity (Wildman–Crippen MR) is 115 cm³/mol. The first kappa shape index (κ1) is 22.7. The average molecular weight is 413 g/mol. The Bertz CT molecular complexity index is 881. The van der Waals surface area contributed by atoms with Gasteiger partial charge in [0.1, 0.15) is 12.3 Å². The zero-order valence-corrected chi connectivity index (χ0v) is 17.6. The largest absolute Gasteiger partial charge is 0.493 e. The second-order valence-corrected chi connectivity index (χ2v) is 6.67. The molecule has 0 aromatic heterocycles. The normalized spacial score (nSPS) is 11.2. The summed E-state index contributed by atoms with van der Waals surface area (Å²) < 4.78 is 10.5. The van der Waals surface area contributed by atoms with Crippen LogP contribution < -0.4 is 20.3 Å². The van der Waals surface area contributed by atoms with E-state index in [0.717, 1.165) is 5.69 Å². The van der Waals surface area contributed by atoms with Crippen LogP contribution in [0.5, 0.6) is 5.75 Å². The molecule has 1 atom stereocenters. The van der Waals surface area contributed by atoms with Gasteiger partial charge in [0.25, 0.3) is 11.8 Å². The summed E-state index contributed by atoms with van der Waals surface area (Å²) in [7, 11) is 3.84. The Hall–Kier alpha value is -3.55. The summed E-state index contributed by atoms with van der Waals surface area (Å²) in [5.41, 5.74) is 1.91. The quantitative estimate of drug-likeness (QED) is 0.613. The van der Waals surface area contributed by atoms with Crippen molar-refractivity contribution in [3.05, 3.63) is 54.1 Å². The van der Waals surface area contributed by atoms with Crippen molar-refractivity contribution in [3.8, 4) is 5.75 Å². The highest BCUT2D eigenvalue weighted by atomic mass is 16.5. The van der Waals surface area contributed by atoms with Gasteiger partial charge < -0.3 is 25.0 Å². The number of benzene rings is 2. The lowest BCUT2D eigenvalue weighted by Gasteiger charge is -2.16. The smallest absolute Gasteiger partial charge is 0.326 e. The number of anilines is 2. The van der Waals surface area contributed by atoms with E-state index in [-0.39, 0.29) is 6.54 Å². The molecule has 0 bridgehead atoms. The standard InChI is InChI=1S/C22H27N3O5/c1-5-29-19-9-7-6-8-18(19)22(28)23-14-20(26)30-15(2)21(27)24-16-10-12-17(13-11-16)25(3)4/h6-13,15H,5,14H2,1-4H3,(H,23,28)(H,24,27)/t15-/m1/s1. The van der Waals surface area contributed by atoms with Crippen molar-refractivity contribution in [2.24, 2.45) is 0 Å². The van der Waals surface area contributed by atoms with Crippen molar-refractivity contribution in [2.45, 2.75) is 20.0 Å². The van der Waals surface area contributed by atoms with Crippen LogP contribution in [0, 0.1) is 0 Å². The number of carbonyl (C=O) groups excluding carboxylic acids is 3. The van der Waals surface area contributed by atoms with Crippen molar-refractivity contribution in [1.29, 1.82) is 0 Å². The van der Waals surface area contributed by atoms with E-state index in [1.165, 1.54) is 6.92 Å². The molecule has 0 aliphatic heterocycles. The topological polar surface area (TPSA) is 97.0 Å². The molecule has 0 aliphatic rings. The first-order valence-corrected chi connectivity index (χ1v) is 9.59. The second-order valence-electron chi connectivity index (χ2n) is 6.67. The summed E-state index contributed by atoms with van der Waals surface area (Å²) in [6, 6.07) is 14.0. The maximum atomic E-state index is 12.3. The third kappa shape index (κ3) is 6.51. The lowest BCUT2D eigenvalue weighted by molar-refractivity contribution is -0.152. The number of amides is 2. The highest BCUT2D eigenvalue weighted by Gasteiger charge is 2.19. The minimum Gasteiger partial charge on any atom is -0.493 e. The van der Waals surface area contributed by atoms with Crippen LogP contribution in [-0.2, 0) is 14.3 Å². The Kier molecular flexibility index (Phi) is 8.22. The third-order valence-electron chi connectivity index (χ3n) is 4.15. The van der Waals surface area contributed by atoms with Gasteiger partial charge in [-0.2, -0.15) is 0 Å². The summed E-state index contributed by atoms with van der Waals surface area (Å²) in [6.45, 7) is 3.33. The van der Waals surface area contributed by atoms with Gasteiger partial charge >= 0.3 is 5.97 Å². The minimum absolute atomic E-state index is 0.319. The molecule has 160 valence electrons. The molecule has 2 aromatic rings. The first-order chi connectivity index (χ1) is 14.3. The maximum Gasteiger partial charge on any atom is 0.326 e. The SMILES string of the molecule is CCOc1ccccc1C(=O)NCC(=O)O[C@H](C)C(=O)Nc1ccc(N(C)C)cc1. The molecule has 0 unspecified atom stereocenters. The van der Waals surface area contributed by atoms with Crippen molar-refractivity contribution < 1.29 is 23.9 Å². The number of hydrogen-bond donors (Lipinski definition) is 2. The molecule has 30 heavy (non-hydrogen) atoms. The van der Waals surface area contributed by atoms with Crippen LogP contribution in [0.1, 0.15) is 24.2 Å². The monoisotopic (exact) mass is 413 g/mol. The molecule has 2 N–H and O–H groups in total. The molecule has 0 aliphatic carbocycles. The van der Waals surface area contributed by atoms with Gasteiger partial charge in [0.15, 0.2) is 6.10 Å². The number of rotatable bonds is 9. The molecule has 0 radical (unpaired) electrons. The van der Waals surface area contributed by atoms with Crippen molar-refractivity contribution in [3.63, 3.8) is 0 Å². The van der Waals surface area contributed by atoms with Crippen molar-refractivity contribution in [1.82, 2.24) is 5.32 Å². The Labute approximate surface area is 176 Å². The fourth-order valence-electron chi connectivity index (χ4n) is 2.56. The first-order valence-electron chi connectivity index (χ1n) is 9.59. The predicted octanol–water partition coefficient (Wildman–Crippen LogP) is 2.45. The molecule has 2 rings (SSSR count). The average Bonchev–Trinajstić information content (AvgIpc) is 2.73. The Balaban J connectivity index is 1.83. The number of hydrogen-bond acceptors (Lipinski definition) is 6. The number of nitrogens with zero attached hydrogens (tertiary/aromatic N) is 1. The van der Waals surface area contributed by atoms with E-state index < -0.39 is 23.9 Å². The summed E-state index contributed by atoms with van der Waals surface area (Å²) in [6.07, 6.45) is -1.02. The van der Waals surface area contributed by atoms with Crippen LogP contribution in [-0.4, -0.2) is 51.1 Å². The molecule has 0 saturated carbocycles. The molecule has 0 saturated heterocycles. The summed E-state index contributed by atoms with van der Waals surface area (Å²) >= 11 is 0. The molecular weight excluding hydrogens is 386 g/mol. The van der Waals surface area contributed by atoms with Gasteiger partial charge in [0.05, 0.1) is 12.2 Å². The van der Waals surface area contributed by atoms with E-state index in [1.54, 1.807) is 36.4 Å². The van der Waals surface area contributed by atoms with E-state index in [4.69, 9.17) is 9.47 Å². The van der Waals surface area contributed by atoms with E-state index in [9.17, 15) is 14.4 Å². The molecule has 8 nitrogen and oxygen atoms in total. The molecule has 8 heteroatoms. The molecule has 0 spiro atoms. The highest BCUT2D eigenvalue weighted by molar-refractivity contribution is 5.99. The van der Waals surface area contributed by atoms with E-state index in [0.29, 0.717) is 23.6 Å². The molecular formula is C22H27N3O5. The number of carbonyl (C=O) groups is 3. The Morgan fingerprint density at radius 1 is 1.03 bits per heavy atom. The lowest BCUT2D eigenvalue weighted by atomic mass is 10.2. The van der Waals surface area contributed by atoms with Gasteiger partial charge in [-0.05, 0) is 50.2 Å². The minimum atomic E-state index is -1.02. The Morgan fingerprint density at radius 2 is 1.70 bits per heavy atom. The number of para-hydroxylation sites is 1. The van der Waals surface area contributed by atoms with Crippen molar-refractivity contribution in [2.75, 3.05) is 37.5 Å². The fraction of sp³-hybridized carbons (Fsp3) is 0.318. The summed E-state index contributed by atoms with van der Waals surface area (Å²) in [5, 5.41) is 5.17. The van der Waals surface area contributed by atoms with E-state index >= 15 is 0 Å². The summed E-state index contributed by atoms with van der Waals surface area (Å²) in [5.74, 6) is -1.22. The zero-order valence-electron chi connectivity index (χ0n) is 17.6. The van der Waals surface area contributed by atoms with Gasteiger partial charge in [-0.15, -0.1) is 0 Å². The van der Waals surface area contributed by atoms with Crippen LogP contribution >= 0.6 is 0 Å². The van der Waals surface area contributed by atoms with E-state index in [2.05, 4.69) is 10.6 Å². The van der Waals surface area contributed by atoms with Gasteiger partial charge in [-0.25, -0.2) is 0 Å². The zero-order chi connectivity index (χ0) is 22.1. The molecule has 0 fully saturated rings. The van der Waals surface area contributed by atoms with Crippen LogP contribution in [0.3, 0.4) is 0 Å². The van der Waals surface area contributed by atoms with E-state index in [1.807, 2.05) is 38.1 Å². The highest BCUT2D eigenvalue weighted by Crippen LogP contribution is 2.18. The molecule has 2 amide bonds. The lowest BCUT2D eigenvalue weighted by Crippen LogP contribution is -2.36. The van der Waals surface area contributed by atoms with Gasteiger partial charge in [-0.3, -0.25) is 14.4 Å². The molecule has 2 aromatic carbocycles. The fourth-order valence-corrected chi connectivity index (χ4v) is 2.56. The van der Waals surface area contributed by atoms with Crippen LogP contribution in [0.25, 0.3) is 0 Å². The number of nitrogens with one attached hydrogen (secondary N) is 2. The van der Waals surface area contributed by atoms with Crippen molar-refractivity contribution >= 4 is 29.2 Å². The maximum absolute atomic E-state index is 12.3. The second kappa shape index (κ2) is 10.8.